The number of carbonyl (C=O) groups excluding carboxylic acids is 1. The molecule has 2 fully saturated rings. The first-order valence-corrected chi connectivity index (χ1v) is 8.82. The van der Waals surface area contributed by atoms with Gasteiger partial charge in [-0.1, -0.05) is 0 Å². The molecule has 9 atom stereocenters. The number of ether oxygens (including phenoxy) is 4. The average Bonchev–Trinajstić information content (AvgIpc) is 2.86. The van der Waals surface area contributed by atoms with Crippen LogP contribution in [0.3, 0.4) is 0 Å². The summed E-state index contributed by atoms with van der Waals surface area (Å²) in [5, 5.41) is 49.8. The van der Waals surface area contributed by atoms with E-state index in [2.05, 4.69) is 0 Å². The Hall–Kier alpha value is -1.27. The quantitative estimate of drug-likeness (QED) is 0.345. The van der Waals surface area contributed by atoms with Gasteiger partial charge in [-0.15, -0.1) is 0 Å². The third-order valence-electron chi connectivity index (χ3n) is 5.55. The summed E-state index contributed by atoms with van der Waals surface area (Å²) in [4.78, 5) is 11.5. The number of carbonyl (C=O) groups is 1. The normalized spacial score (nSPS) is 49.4. The van der Waals surface area contributed by atoms with Crippen LogP contribution in [0.4, 0.5) is 0 Å². The molecule has 1 saturated heterocycles. The van der Waals surface area contributed by atoms with Gasteiger partial charge in [-0.3, -0.25) is 4.79 Å². The number of fused-ring (bicyclic) bond motifs is 1. The van der Waals surface area contributed by atoms with Gasteiger partial charge in [0.25, 0.3) is 0 Å². The monoisotopic (exact) mass is 390 g/mol. The zero-order valence-electron chi connectivity index (χ0n) is 15.1. The first-order valence-electron chi connectivity index (χ1n) is 8.82. The predicted molar refractivity (Wildman–Crippen MR) is 86.7 cm³/mol. The van der Waals surface area contributed by atoms with E-state index >= 15 is 0 Å². The number of hydrogen-bond donors (Lipinski definition) is 5. The highest BCUT2D eigenvalue weighted by Crippen LogP contribution is 2.50. The lowest BCUT2D eigenvalue weighted by Gasteiger charge is -2.43. The third-order valence-corrected chi connectivity index (χ3v) is 5.55. The van der Waals surface area contributed by atoms with Crippen LogP contribution in [0.25, 0.3) is 0 Å². The van der Waals surface area contributed by atoms with Gasteiger partial charge in [-0.25, -0.2) is 0 Å². The lowest BCUT2D eigenvalue weighted by molar-refractivity contribution is -0.302. The molecule has 1 saturated carbocycles. The maximum absolute atomic E-state index is 11.5. The molecule has 0 aromatic carbocycles. The Morgan fingerprint density at radius 1 is 1.19 bits per heavy atom. The van der Waals surface area contributed by atoms with E-state index in [0.717, 1.165) is 0 Å². The van der Waals surface area contributed by atoms with Gasteiger partial charge in [0, 0.05) is 6.92 Å². The van der Waals surface area contributed by atoms with Gasteiger partial charge in [-0.05, 0) is 25.8 Å². The SMILES string of the molecule is CC(=O)OC1(C)CCC2(O)C=COC(OCC3OC(O)C(O)C(O)C3O)C21. The highest BCUT2D eigenvalue weighted by atomic mass is 16.7. The Morgan fingerprint density at radius 3 is 2.56 bits per heavy atom. The number of hydrogen-bond acceptors (Lipinski definition) is 10. The number of esters is 1. The minimum absolute atomic E-state index is 0.302. The highest BCUT2D eigenvalue weighted by molar-refractivity contribution is 5.66. The van der Waals surface area contributed by atoms with Crippen molar-refractivity contribution in [1.82, 2.24) is 0 Å². The van der Waals surface area contributed by atoms with E-state index in [1.165, 1.54) is 19.3 Å². The Labute approximate surface area is 155 Å². The molecule has 0 spiro atoms. The zero-order valence-corrected chi connectivity index (χ0v) is 15.1. The van der Waals surface area contributed by atoms with Crippen LogP contribution in [-0.4, -0.2) is 86.3 Å². The van der Waals surface area contributed by atoms with Crippen molar-refractivity contribution in [2.24, 2.45) is 5.92 Å². The Bertz CT molecular complexity index is 596. The topological polar surface area (TPSA) is 155 Å². The van der Waals surface area contributed by atoms with Crippen molar-refractivity contribution in [1.29, 1.82) is 0 Å². The summed E-state index contributed by atoms with van der Waals surface area (Å²) >= 11 is 0. The van der Waals surface area contributed by atoms with Crippen LogP contribution in [0.15, 0.2) is 12.3 Å². The summed E-state index contributed by atoms with van der Waals surface area (Å²) in [7, 11) is 0. The number of rotatable bonds is 4. The van der Waals surface area contributed by atoms with Crippen LogP contribution < -0.4 is 0 Å². The molecular weight excluding hydrogens is 364 g/mol. The third kappa shape index (κ3) is 3.70. The standard InChI is InChI=1S/C17H26O10/c1-8(18)27-16(2)3-4-17(23)5-6-24-15(13(16)17)25-7-9-10(19)11(20)12(21)14(22)26-9/h5-6,9-15,19-23H,3-4,7H2,1-2H3. The molecule has 1 aliphatic carbocycles. The van der Waals surface area contributed by atoms with Crippen LogP contribution in [0.5, 0.6) is 0 Å². The van der Waals surface area contributed by atoms with Gasteiger partial charge < -0.3 is 44.5 Å². The van der Waals surface area contributed by atoms with Gasteiger partial charge in [0.1, 0.15) is 30.0 Å². The first kappa shape index (κ1) is 20.5. The molecule has 5 N–H and O–H groups in total. The molecule has 0 bridgehead atoms. The average molecular weight is 390 g/mol. The van der Waals surface area contributed by atoms with Crippen molar-refractivity contribution in [2.45, 2.75) is 74.9 Å². The van der Waals surface area contributed by atoms with Gasteiger partial charge in [0.15, 0.2) is 6.29 Å². The molecule has 3 rings (SSSR count). The van der Waals surface area contributed by atoms with E-state index in [9.17, 15) is 30.3 Å². The van der Waals surface area contributed by atoms with Crippen molar-refractivity contribution < 1.29 is 49.3 Å². The van der Waals surface area contributed by atoms with Crippen LogP contribution in [-0.2, 0) is 23.7 Å². The Morgan fingerprint density at radius 2 is 1.89 bits per heavy atom. The second-order valence-corrected chi connectivity index (χ2v) is 7.55. The smallest absolute Gasteiger partial charge is 0.303 e. The molecule has 9 unspecified atom stereocenters. The van der Waals surface area contributed by atoms with Gasteiger partial charge in [0.05, 0.1) is 24.4 Å². The summed E-state index contributed by atoms with van der Waals surface area (Å²) in [6, 6.07) is 0. The molecule has 0 amide bonds. The van der Waals surface area contributed by atoms with Crippen LogP contribution >= 0.6 is 0 Å². The van der Waals surface area contributed by atoms with Gasteiger partial charge in [-0.2, -0.15) is 0 Å². The van der Waals surface area contributed by atoms with Crippen molar-refractivity contribution in [3.8, 4) is 0 Å². The number of aliphatic hydroxyl groups is 5. The van der Waals surface area contributed by atoms with Crippen molar-refractivity contribution in [3.63, 3.8) is 0 Å². The van der Waals surface area contributed by atoms with Crippen molar-refractivity contribution >= 4 is 5.97 Å². The van der Waals surface area contributed by atoms with E-state index in [1.807, 2.05) is 0 Å². The van der Waals surface area contributed by atoms with E-state index in [1.54, 1.807) is 6.92 Å². The second-order valence-electron chi connectivity index (χ2n) is 7.55. The van der Waals surface area contributed by atoms with Gasteiger partial charge >= 0.3 is 5.97 Å². The first-order chi connectivity index (χ1) is 12.6. The summed E-state index contributed by atoms with van der Waals surface area (Å²) in [6.45, 7) is 2.66. The van der Waals surface area contributed by atoms with Crippen molar-refractivity contribution in [3.05, 3.63) is 12.3 Å². The molecule has 3 aliphatic rings. The molecule has 27 heavy (non-hydrogen) atoms. The molecule has 154 valence electrons. The van der Waals surface area contributed by atoms with E-state index in [4.69, 9.17) is 18.9 Å². The lowest BCUT2D eigenvalue weighted by atomic mass is 9.82. The molecule has 10 nitrogen and oxygen atoms in total. The largest absolute Gasteiger partial charge is 0.472 e. The fourth-order valence-corrected chi connectivity index (χ4v) is 4.15. The molecule has 2 heterocycles. The fraction of sp³-hybridized carbons (Fsp3) is 0.824. The molecule has 0 aromatic heterocycles. The minimum atomic E-state index is -1.68. The lowest BCUT2D eigenvalue weighted by Crippen LogP contribution is -2.59. The van der Waals surface area contributed by atoms with Crippen LogP contribution in [0.1, 0.15) is 26.7 Å². The summed E-state index contributed by atoms with van der Waals surface area (Å²) < 4.78 is 21.6. The van der Waals surface area contributed by atoms with Crippen LogP contribution in [0.2, 0.25) is 0 Å². The Balaban J connectivity index is 1.72. The molecular formula is C17H26O10. The summed E-state index contributed by atoms with van der Waals surface area (Å²) in [5.41, 5.74) is -2.33. The van der Waals surface area contributed by atoms with E-state index < -0.39 is 60.1 Å². The molecule has 10 heteroatoms. The predicted octanol–water partition coefficient (Wildman–Crippen LogP) is -1.86. The molecule has 0 radical (unpaired) electrons. The maximum atomic E-state index is 11.5. The van der Waals surface area contributed by atoms with Crippen LogP contribution in [0, 0.1) is 5.92 Å². The number of aliphatic hydroxyl groups excluding tert-OH is 4. The van der Waals surface area contributed by atoms with E-state index in [0.29, 0.717) is 12.8 Å². The minimum Gasteiger partial charge on any atom is -0.472 e. The summed E-state index contributed by atoms with van der Waals surface area (Å²) in [5.74, 6) is -1.23. The molecule has 2 aliphatic heterocycles. The maximum Gasteiger partial charge on any atom is 0.303 e. The highest BCUT2D eigenvalue weighted by Gasteiger charge is 2.61. The van der Waals surface area contributed by atoms with E-state index in [-0.39, 0.29) is 6.61 Å². The second kappa shape index (κ2) is 7.28. The molecule has 0 aromatic rings. The van der Waals surface area contributed by atoms with Gasteiger partial charge in [0.2, 0.25) is 6.29 Å². The fourth-order valence-electron chi connectivity index (χ4n) is 4.15. The Kier molecular flexibility index (Phi) is 5.52. The summed E-state index contributed by atoms with van der Waals surface area (Å²) in [6.07, 6.45) is -5.06. The van der Waals surface area contributed by atoms with Crippen molar-refractivity contribution in [2.75, 3.05) is 6.61 Å². The zero-order chi connectivity index (χ0) is 20.0.